The SMILES string of the molecule is CC(O)CCCNC1CC(N)C1. The smallest absolute Gasteiger partial charge is 0.0512 e. The van der Waals surface area contributed by atoms with Crippen molar-refractivity contribution in [1.82, 2.24) is 5.32 Å². The van der Waals surface area contributed by atoms with Gasteiger partial charge in [0.05, 0.1) is 6.10 Å². The van der Waals surface area contributed by atoms with E-state index < -0.39 is 0 Å². The highest BCUT2D eigenvalue weighted by molar-refractivity contribution is 4.87. The zero-order chi connectivity index (χ0) is 8.97. The van der Waals surface area contributed by atoms with Gasteiger partial charge in [-0.1, -0.05) is 0 Å². The van der Waals surface area contributed by atoms with Gasteiger partial charge in [-0.25, -0.2) is 0 Å². The van der Waals surface area contributed by atoms with Gasteiger partial charge in [-0.3, -0.25) is 0 Å². The Labute approximate surface area is 74.3 Å². The van der Waals surface area contributed by atoms with E-state index in [-0.39, 0.29) is 6.10 Å². The van der Waals surface area contributed by atoms with Crippen molar-refractivity contribution in [3.8, 4) is 0 Å². The van der Waals surface area contributed by atoms with E-state index in [9.17, 15) is 0 Å². The number of rotatable bonds is 5. The molecule has 72 valence electrons. The summed E-state index contributed by atoms with van der Waals surface area (Å²) in [5, 5.41) is 12.4. The third kappa shape index (κ3) is 3.52. The summed E-state index contributed by atoms with van der Waals surface area (Å²) in [4.78, 5) is 0. The van der Waals surface area contributed by atoms with E-state index >= 15 is 0 Å². The van der Waals surface area contributed by atoms with Crippen molar-refractivity contribution >= 4 is 0 Å². The van der Waals surface area contributed by atoms with Crippen LogP contribution in [0.4, 0.5) is 0 Å². The van der Waals surface area contributed by atoms with Gasteiger partial charge in [-0.2, -0.15) is 0 Å². The Morgan fingerprint density at radius 1 is 1.58 bits per heavy atom. The molecule has 1 unspecified atom stereocenters. The molecule has 1 rings (SSSR count). The fourth-order valence-electron chi connectivity index (χ4n) is 1.53. The average Bonchev–Trinajstić information content (AvgIpc) is 1.93. The van der Waals surface area contributed by atoms with Gasteiger partial charge >= 0.3 is 0 Å². The summed E-state index contributed by atoms with van der Waals surface area (Å²) in [6, 6.07) is 1.08. The minimum Gasteiger partial charge on any atom is -0.393 e. The van der Waals surface area contributed by atoms with Crippen LogP contribution in [0.2, 0.25) is 0 Å². The third-order valence-electron chi connectivity index (χ3n) is 2.41. The van der Waals surface area contributed by atoms with Crippen LogP contribution in [-0.2, 0) is 0 Å². The molecule has 1 aliphatic carbocycles. The molecule has 0 bridgehead atoms. The van der Waals surface area contributed by atoms with Crippen molar-refractivity contribution in [2.75, 3.05) is 6.54 Å². The summed E-state index contributed by atoms with van der Waals surface area (Å²) in [5.41, 5.74) is 5.64. The van der Waals surface area contributed by atoms with Gasteiger partial charge in [0.15, 0.2) is 0 Å². The average molecular weight is 172 g/mol. The van der Waals surface area contributed by atoms with E-state index in [0.29, 0.717) is 12.1 Å². The Morgan fingerprint density at radius 3 is 2.75 bits per heavy atom. The largest absolute Gasteiger partial charge is 0.393 e. The van der Waals surface area contributed by atoms with E-state index in [0.717, 1.165) is 32.2 Å². The molecule has 0 aromatic carbocycles. The lowest BCUT2D eigenvalue weighted by molar-refractivity contribution is 0.179. The maximum Gasteiger partial charge on any atom is 0.0512 e. The first-order valence-corrected chi connectivity index (χ1v) is 4.85. The molecule has 12 heavy (non-hydrogen) atoms. The molecule has 0 aromatic heterocycles. The van der Waals surface area contributed by atoms with Crippen LogP contribution in [0, 0.1) is 0 Å². The normalized spacial score (nSPS) is 31.2. The van der Waals surface area contributed by atoms with Crippen molar-refractivity contribution in [1.29, 1.82) is 0 Å². The van der Waals surface area contributed by atoms with Crippen LogP contribution in [0.5, 0.6) is 0 Å². The Bertz CT molecular complexity index is 122. The first kappa shape index (κ1) is 9.96. The fraction of sp³-hybridized carbons (Fsp3) is 1.00. The number of nitrogens with one attached hydrogen (secondary N) is 1. The van der Waals surface area contributed by atoms with Crippen LogP contribution >= 0.6 is 0 Å². The van der Waals surface area contributed by atoms with Crippen LogP contribution in [0.3, 0.4) is 0 Å². The van der Waals surface area contributed by atoms with E-state index in [1.54, 1.807) is 0 Å². The van der Waals surface area contributed by atoms with Gasteiger partial charge in [0.25, 0.3) is 0 Å². The molecule has 0 radical (unpaired) electrons. The topological polar surface area (TPSA) is 58.3 Å². The maximum atomic E-state index is 8.98. The molecule has 1 saturated carbocycles. The summed E-state index contributed by atoms with van der Waals surface area (Å²) in [6.07, 6.45) is 4.04. The van der Waals surface area contributed by atoms with Crippen molar-refractivity contribution in [2.24, 2.45) is 5.73 Å². The second kappa shape index (κ2) is 4.80. The number of hydrogen-bond donors (Lipinski definition) is 3. The minimum absolute atomic E-state index is 0.157. The van der Waals surface area contributed by atoms with Gasteiger partial charge in [-0.05, 0) is 39.2 Å². The van der Waals surface area contributed by atoms with Gasteiger partial charge in [0.1, 0.15) is 0 Å². The predicted molar refractivity (Wildman–Crippen MR) is 49.9 cm³/mol. The van der Waals surface area contributed by atoms with Crippen LogP contribution in [0.1, 0.15) is 32.6 Å². The minimum atomic E-state index is -0.157. The van der Waals surface area contributed by atoms with Crippen molar-refractivity contribution in [3.63, 3.8) is 0 Å². The van der Waals surface area contributed by atoms with Crippen LogP contribution in [-0.4, -0.2) is 29.8 Å². The van der Waals surface area contributed by atoms with E-state index in [1.165, 1.54) is 0 Å². The highest BCUT2D eigenvalue weighted by Gasteiger charge is 2.24. The number of hydrogen-bond acceptors (Lipinski definition) is 3. The van der Waals surface area contributed by atoms with Crippen molar-refractivity contribution in [3.05, 3.63) is 0 Å². The fourth-order valence-corrected chi connectivity index (χ4v) is 1.53. The first-order chi connectivity index (χ1) is 5.68. The highest BCUT2D eigenvalue weighted by Crippen LogP contribution is 2.17. The monoisotopic (exact) mass is 172 g/mol. The molecule has 1 aliphatic rings. The van der Waals surface area contributed by atoms with Crippen molar-refractivity contribution < 1.29 is 5.11 Å². The van der Waals surface area contributed by atoms with Gasteiger partial charge in [-0.15, -0.1) is 0 Å². The summed E-state index contributed by atoms with van der Waals surface area (Å²) in [6.45, 7) is 2.85. The zero-order valence-corrected chi connectivity index (χ0v) is 7.79. The Morgan fingerprint density at radius 2 is 2.25 bits per heavy atom. The van der Waals surface area contributed by atoms with Crippen molar-refractivity contribution in [2.45, 2.75) is 50.8 Å². The molecule has 0 spiro atoms. The molecule has 0 saturated heterocycles. The summed E-state index contributed by atoms with van der Waals surface area (Å²) in [7, 11) is 0. The van der Waals surface area contributed by atoms with E-state index in [4.69, 9.17) is 10.8 Å². The lowest BCUT2D eigenvalue weighted by atomic mass is 9.87. The summed E-state index contributed by atoms with van der Waals surface area (Å²) >= 11 is 0. The molecule has 0 amide bonds. The molecule has 0 heterocycles. The Hall–Kier alpha value is -0.120. The molecule has 3 heteroatoms. The van der Waals surface area contributed by atoms with E-state index in [2.05, 4.69) is 5.32 Å². The maximum absolute atomic E-state index is 8.98. The summed E-state index contributed by atoms with van der Waals surface area (Å²) < 4.78 is 0. The summed E-state index contributed by atoms with van der Waals surface area (Å²) in [5.74, 6) is 0. The molecule has 0 aromatic rings. The molecular weight excluding hydrogens is 152 g/mol. The molecule has 1 atom stereocenters. The second-order valence-electron chi connectivity index (χ2n) is 3.87. The lowest BCUT2D eigenvalue weighted by Crippen LogP contribution is -2.48. The number of aliphatic hydroxyl groups is 1. The lowest BCUT2D eigenvalue weighted by Gasteiger charge is -2.33. The Kier molecular flexibility index (Phi) is 3.98. The van der Waals surface area contributed by atoms with Crippen LogP contribution in [0.25, 0.3) is 0 Å². The first-order valence-electron chi connectivity index (χ1n) is 4.85. The van der Waals surface area contributed by atoms with E-state index in [1.807, 2.05) is 6.92 Å². The molecule has 4 N–H and O–H groups in total. The Balaban J connectivity index is 1.83. The van der Waals surface area contributed by atoms with Gasteiger partial charge < -0.3 is 16.2 Å². The number of nitrogens with two attached hydrogens (primary N) is 1. The number of aliphatic hydroxyl groups excluding tert-OH is 1. The van der Waals surface area contributed by atoms with Crippen LogP contribution in [0.15, 0.2) is 0 Å². The highest BCUT2D eigenvalue weighted by atomic mass is 16.3. The molecule has 1 fully saturated rings. The molecular formula is C9H20N2O. The quantitative estimate of drug-likeness (QED) is 0.520. The standard InChI is InChI=1S/C9H20N2O/c1-7(12)3-2-4-11-9-5-8(10)6-9/h7-9,11-12H,2-6,10H2,1H3. The van der Waals surface area contributed by atoms with Crippen LogP contribution < -0.4 is 11.1 Å². The van der Waals surface area contributed by atoms with Gasteiger partial charge in [0, 0.05) is 12.1 Å². The molecule has 0 aliphatic heterocycles. The van der Waals surface area contributed by atoms with Gasteiger partial charge in [0.2, 0.25) is 0 Å². The predicted octanol–water partition coefficient (Wildman–Crippen LogP) is 0.227. The zero-order valence-electron chi connectivity index (χ0n) is 7.79. The second-order valence-corrected chi connectivity index (χ2v) is 3.87. The third-order valence-corrected chi connectivity index (χ3v) is 2.41. The molecule has 3 nitrogen and oxygen atoms in total.